The Balaban J connectivity index is 4.44. The van der Waals surface area contributed by atoms with E-state index < -0.39 is 5.97 Å². The Bertz CT molecular complexity index is 249. The van der Waals surface area contributed by atoms with Crippen molar-refractivity contribution >= 4 is 5.97 Å². The highest BCUT2D eigenvalue weighted by atomic mass is 16.5. The van der Waals surface area contributed by atoms with E-state index in [0.717, 1.165) is 0 Å². The highest BCUT2D eigenvalue weighted by Crippen LogP contribution is 1.98. The van der Waals surface area contributed by atoms with Crippen LogP contribution in [0.1, 0.15) is 6.92 Å². The molecule has 0 aliphatic heterocycles. The fraction of sp³-hybridized carbons (Fsp3) is 0.364. The molecule has 0 saturated carbocycles. The molecule has 0 atom stereocenters. The average molecular weight is 210 g/mol. The van der Waals surface area contributed by atoms with Crippen molar-refractivity contribution in [3.63, 3.8) is 0 Å². The lowest BCUT2D eigenvalue weighted by molar-refractivity contribution is -0.137. The van der Waals surface area contributed by atoms with Crippen LogP contribution < -0.4 is 5.73 Å². The Morgan fingerprint density at radius 1 is 1.40 bits per heavy atom. The number of hydrogen-bond acceptors (Lipinski definition) is 4. The smallest absolute Gasteiger partial charge is 0.334 e. The fourth-order valence-corrected chi connectivity index (χ4v) is 0.993. The zero-order valence-electron chi connectivity index (χ0n) is 9.11. The van der Waals surface area contributed by atoms with Gasteiger partial charge in [-0.05, 0) is 6.92 Å². The summed E-state index contributed by atoms with van der Waals surface area (Å²) >= 11 is 0. The first-order valence-corrected chi connectivity index (χ1v) is 4.76. The largest absolute Gasteiger partial charge is 0.463 e. The van der Waals surface area contributed by atoms with Gasteiger partial charge in [-0.25, -0.2) is 4.79 Å². The number of esters is 1. The molecule has 84 valence electrons. The van der Waals surface area contributed by atoms with Gasteiger partial charge in [-0.15, -0.1) is 13.2 Å². The summed E-state index contributed by atoms with van der Waals surface area (Å²) in [6, 6.07) is 0. The summed E-state index contributed by atoms with van der Waals surface area (Å²) in [7, 11) is 0. The monoisotopic (exact) mass is 210 g/mol. The van der Waals surface area contributed by atoms with Crippen LogP contribution >= 0.6 is 0 Å². The van der Waals surface area contributed by atoms with Gasteiger partial charge in [0, 0.05) is 13.1 Å². The van der Waals surface area contributed by atoms with E-state index in [2.05, 4.69) is 13.2 Å². The van der Waals surface area contributed by atoms with Crippen LogP contribution in [0.3, 0.4) is 0 Å². The number of carbonyl (C=O) groups is 1. The van der Waals surface area contributed by atoms with Gasteiger partial charge in [0.25, 0.3) is 0 Å². The van der Waals surface area contributed by atoms with Gasteiger partial charge in [0.05, 0.1) is 12.7 Å². The van der Waals surface area contributed by atoms with E-state index in [4.69, 9.17) is 10.5 Å². The normalized spacial score (nSPS) is 10.6. The van der Waals surface area contributed by atoms with Gasteiger partial charge >= 0.3 is 5.97 Å². The van der Waals surface area contributed by atoms with Crippen molar-refractivity contribution in [1.82, 2.24) is 4.90 Å². The first-order valence-electron chi connectivity index (χ1n) is 4.76. The third-order valence-corrected chi connectivity index (χ3v) is 1.62. The lowest BCUT2D eigenvalue weighted by atomic mass is 10.4. The summed E-state index contributed by atoms with van der Waals surface area (Å²) < 4.78 is 4.75. The van der Waals surface area contributed by atoms with Crippen molar-refractivity contribution in [3.05, 3.63) is 37.2 Å². The summed E-state index contributed by atoms with van der Waals surface area (Å²) in [4.78, 5) is 12.9. The number of hydrogen-bond donors (Lipinski definition) is 1. The van der Waals surface area contributed by atoms with Gasteiger partial charge in [-0.1, -0.05) is 12.2 Å². The SMILES string of the molecule is C=CCN(CC=C)/C(N)=C/C(=O)OCC. The van der Waals surface area contributed by atoms with Crippen LogP contribution in [0, 0.1) is 0 Å². The van der Waals surface area contributed by atoms with E-state index in [1.165, 1.54) is 6.08 Å². The van der Waals surface area contributed by atoms with Crippen molar-refractivity contribution in [2.24, 2.45) is 5.73 Å². The molecule has 0 rings (SSSR count). The maximum absolute atomic E-state index is 11.1. The van der Waals surface area contributed by atoms with Gasteiger partial charge in [-0.3, -0.25) is 0 Å². The van der Waals surface area contributed by atoms with Crippen molar-refractivity contribution in [2.45, 2.75) is 6.92 Å². The fourth-order valence-electron chi connectivity index (χ4n) is 0.993. The minimum atomic E-state index is -0.437. The number of carbonyl (C=O) groups excluding carboxylic acids is 1. The average Bonchev–Trinajstić information content (AvgIpc) is 2.17. The van der Waals surface area contributed by atoms with E-state index in [9.17, 15) is 4.79 Å². The molecule has 0 saturated heterocycles. The van der Waals surface area contributed by atoms with Crippen LogP contribution in [-0.4, -0.2) is 30.6 Å². The Kier molecular flexibility index (Phi) is 6.80. The molecule has 4 heteroatoms. The summed E-state index contributed by atoms with van der Waals surface area (Å²) in [6.45, 7) is 10.4. The van der Waals surface area contributed by atoms with Crippen LogP contribution in [-0.2, 0) is 9.53 Å². The maximum Gasteiger partial charge on any atom is 0.334 e. The third kappa shape index (κ3) is 5.57. The molecule has 4 nitrogen and oxygen atoms in total. The number of nitrogens with two attached hydrogens (primary N) is 1. The molecule has 0 aliphatic rings. The molecule has 2 N–H and O–H groups in total. The molecular formula is C11H18N2O2. The summed E-state index contributed by atoms with van der Waals surface area (Å²) in [5.74, 6) is -0.0821. The van der Waals surface area contributed by atoms with Crippen molar-refractivity contribution in [2.75, 3.05) is 19.7 Å². The molecule has 0 fully saturated rings. The first kappa shape index (κ1) is 13.3. The first-order chi connectivity index (χ1) is 7.15. The summed E-state index contributed by atoms with van der Waals surface area (Å²) in [5.41, 5.74) is 5.71. The molecule has 15 heavy (non-hydrogen) atoms. The lowest BCUT2D eigenvalue weighted by Crippen LogP contribution is -2.29. The van der Waals surface area contributed by atoms with Crippen molar-refractivity contribution in [1.29, 1.82) is 0 Å². The quantitative estimate of drug-likeness (QED) is 0.387. The molecule has 0 aromatic carbocycles. The number of ether oxygens (including phenoxy) is 1. The van der Waals surface area contributed by atoms with Gasteiger partial charge in [-0.2, -0.15) is 0 Å². The molecule has 0 heterocycles. The second kappa shape index (κ2) is 7.67. The molecule has 0 bridgehead atoms. The summed E-state index contributed by atoms with van der Waals surface area (Å²) in [5, 5.41) is 0. The van der Waals surface area contributed by atoms with Crippen molar-refractivity contribution < 1.29 is 9.53 Å². The maximum atomic E-state index is 11.1. The Morgan fingerprint density at radius 3 is 2.33 bits per heavy atom. The van der Waals surface area contributed by atoms with E-state index >= 15 is 0 Å². The zero-order valence-corrected chi connectivity index (χ0v) is 9.11. The lowest BCUT2D eigenvalue weighted by Gasteiger charge is -2.21. The van der Waals surface area contributed by atoms with Gasteiger partial charge < -0.3 is 15.4 Å². The highest BCUT2D eigenvalue weighted by molar-refractivity contribution is 5.82. The Labute approximate surface area is 90.7 Å². The van der Waals surface area contributed by atoms with E-state index in [1.54, 1.807) is 24.0 Å². The van der Waals surface area contributed by atoms with Crippen LogP contribution in [0.25, 0.3) is 0 Å². The molecule has 0 aromatic rings. The third-order valence-electron chi connectivity index (χ3n) is 1.62. The number of nitrogens with zero attached hydrogens (tertiary/aromatic N) is 1. The molecule has 0 radical (unpaired) electrons. The predicted molar refractivity (Wildman–Crippen MR) is 60.9 cm³/mol. The van der Waals surface area contributed by atoms with Crippen LogP contribution in [0.4, 0.5) is 0 Å². The van der Waals surface area contributed by atoms with Gasteiger partial charge in [0.2, 0.25) is 0 Å². The minimum absolute atomic E-state index is 0.339. The Hall–Kier alpha value is -1.71. The van der Waals surface area contributed by atoms with Crippen molar-refractivity contribution in [3.8, 4) is 0 Å². The number of rotatable bonds is 7. The highest BCUT2D eigenvalue weighted by Gasteiger charge is 2.05. The van der Waals surface area contributed by atoms with E-state index in [-0.39, 0.29) is 0 Å². The second-order valence-corrected chi connectivity index (χ2v) is 2.80. The Morgan fingerprint density at radius 2 is 1.93 bits per heavy atom. The van der Waals surface area contributed by atoms with E-state index in [0.29, 0.717) is 25.5 Å². The van der Waals surface area contributed by atoms with Gasteiger partial charge in [0.15, 0.2) is 0 Å². The topological polar surface area (TPSA) is 55.6 Å². The standard InChI is InChI=1S/C11H18N2O2/c1-4-7-13(8-5-2)10(12)9-11(14)15-6-3/h4-5,9H,1-2,6-8,12H2,3H3/b10-9+. The second-order valence-electron chi connectivity index (χ2n) is 2.80. The van der Waals surface area contributed by atoms with Crippen LogP contribution in [0.15, 0.2) is 37.2 Å². The molecular weight excluding hydrogens is 192 g/mol. The molecule has 0 aliphatic carbocycles. The summed E-state index contributed by atoms with van der Waals surface area (Å²) in [6.07, 6.45) is 4.67. The predicted octanol–water partition coefficient (Wildman–Crippen LogP) is 1.02. The molecule has 0 amide bonds. The van der Waals surface area contributed by atoms with Gasteiger partial charge in [0.1, 0.15) is 5.82 Å². The van der Waals surface area contributed by atoms with E-state index in [1.807, 2.05) is 0 Å². The molecule has 0 spiro atoms. The molecule has 0 aromatic heterocycles. The van der Waals surface area contributed by atoms with Crippen LogP contribution in [0.5, 0.6) is 0 Å². The minimum Gasteiger partial charge on any atom is -0.463 e. The molecule has 0 unspecified atom stereocenters. The van der Waals surface area contributed by atoms with Crippen LogP contribution in [0.2, 0.25) is 0 Å². The zero-order chi connectivity index (χ0) is 11.7.